The number of hydrogen-bond donors (Lipinski definition) is 2. The van der Waals surface area contributed by atoms with E-state index in [2.05, 4.69) is 10.2 Å². The molecule has 0 radical (unpaired) electrons. The predicted octanol–water partition coefficient (Wildman–Crippen LogP) is 0.548. The zero-order chi connectivity index (χ0) is 13.1. The van der Waals surface area contributed by atoms with E-state index in [1.54, 1.807) is 0 Å². The molecule has 0 unspecified atom stereocenters. The molecular weight excluding hydrogens is 240 g/mol. The summed E-state index contributed by atoms with van der Waals surface area (Å²) in [5.74, 6) is 0. The van der Waals surface area contributed by atoms with Crippen molar-refractivity contribution >= 4 is 10.0 Å². The number of nitrogens with zero attached hydrogens (tertiary/aromatic N) is 2. The summed E-state index contributed by atoms with van der Waals surface area (Å²) in [5.41, 5.74) is 5.04. The molecule has 1 aromatic rings. The molecule has 0 aliphatic rings. The van der Waals surface area contributed by atoms with E-state index in [4.69, 9.17) is 5.73 Å². The van der Waals surface area contributed by atoms with E-state index < -0.39 is 15.6 Å². The highest BCUT2D eigenvalue weighted by Crippen LogP contribution is 2.22. The zero-order valence-corrected chi connectivity index (χ0v) is 11.3. The number of sulfonamides is 1. The van der Waals surface area contributed by atoms with Crippen molar-refractivity contribution in [1.29, 1.82) is 0 Å². The van der Waals surface area contributed by atoms with Crippen molar-refractivity contribution in [3.8, 4) is 0 Å². The average Bonchev–Trinajstić information content (AvgIpc) is 2.79. The van der Waals surface area contributed by atoms with Crippen LogP contribution < -0.4 is 5.73 Å². The number of hydrogen-bond acceptors (Lipinski definition) is 4. The third-order valence-electron chi connectivity index (χ3n) is 2.64. The van der Waals surface area contributed by atoms with Crippen LogP contribution in [-0.4, -0.2) is 41.5 Å². The molecule has 0 saturated carbocycles. The Morgan fingerprint density at radius 1 is 1.53 bits per heavy atom. The quantitative estimate of drug-likeness (QED) is 0.781. The lowest BCUT2D eigenvalue weighted by Gasteiger charge is -2.35. The van der Waals surface area contributed by atoms with Gasteiger partial charge in [0, 0.05) is 18.6 Å². The van der Waals surface area contributed by atoms with Crippen LogP contribution in [0.15, 0.2) is 17.3 Å². The molecule has 0 bridgehead atoms. The molecule has 0 saturated heterocycles. The molecule has 0 amide bonds. The van der Waals surface area contributed by atoms with Crippen LogP contribution >= 0.6 is 0 Å². The molecule has 1 rings (SSSR count). The molecule has 0 aliphatic heterocycles. The summed E-state index contributed by atoms with van der Waals surface area (Å²) in [6.07, 6.45) is 2.16. The summed E-state index contributed by atoms with van der Waals surface area (Å²) in [6, 6.07) is 1.45. The van der Waals surface area contributed by atoms with E-state index >= 15 is 0 Å². The van der Waals surface area contributed by atoms with Crippen molar-refractivity contribution in [3.05, 3.63) is 12.3 Å². The zero-order valence-electron chi connectivity index (χ0n) is 10.5. The van der Waals surface area contributed by atoms with Gasteiger partial charge in [-0.05, 0) is 26.3 Å². The molecule has 0 spiro atoms. The molecule has 1 aromatic heterocycles. The van der Waals surface area contributed by atoms with E-state index in [0.29, 0.717) is 6.54 Å². The molecule has 3 N–H and O–H groups in total. The number of aromatic nitrogens is 2. The fourth-order valence-electron chi connectivity index (χ4n) is 1.56. The largest absolute Gasteiger partial charge is 0.329 e. The van der Waals surface area contributed by atoms with Crippen molar-refractivity contribution < 1.29 is 8.42 Å². The fourth-order valence-corrected chi connectivity index (χ4v) is 3.35. The summed E-state index contributed by atoms with van der Waals surface area (Å²) in [7, 11) is -3.55. The van der Waals surface area contributed by atoms with Crippen LogP contribution in [0, 0.1) is 0 Å². The lowest BCUT2D eigenvalue weighted by Crippen LogP contribution is -2.52. The van der Waals surface area contributed by atoms with Gasteiger partial charge in [-0.1, -0.05) is 6.92 Å². The molecule has 7 heteroatoms. The molecule has 0 atom stereocenters. The van der Waals surface area contributed by atoms with Crippen molar-refractivity contribution in [2.24, 2.45) is 5.73 Å². The van der Waals surface area contributed by atoms with Crippen molar-refractivity contribution in [1.82, 2.24) is 14.5 Å². The Balaban J connectivity index is 3.16. The van der Waals surface area contributed by atoms with Crippen molar-refractivity contribution in [2.45, 2.75) is 37.8 Å². The Morgan fingerprint density at radius 2 is 2.18 bits per heavy atom. The molecule has 1 heterocycles. The molecule has 0 aromatic carbocycles. The van der Waals surface area contributed by atoms with Crippen LogP contribution in [0.2, 0.25) is 0 Å². The highest BCUT2D eigenvalue weighted by atomic mass is 32.2. The van der Waals surface area contributed by atoms with Crippen LogP contribution in [0.5, 0.6) is 0 Å². The summed E-state index contributed by atoms with van der Waals surface area (Å²) < 4.78 is 26.2. The van der Waals surface area contributed by atoms with Gasteiger partial charge in [0.15, 0.2) is 5.03 Å². The van der Waals surface area contributed by atoms with Gasteiger partial charge in [0.1, 0.15) is 0 Å². The molecule has 17 heavy (non-hydrogen) atoms. The van der Waals surface area contributed by atoms with Crippen molar-refractivity contribution in [3.63, 3.8) is 0 Å². The highest BCUT2D eigenvalue weighted by Gasteiger charge is 2.36. The van der Waals surface area contributed by atoms with Gasteiger partial charge in [-0.2, -0.15) is 9.40 Å². The summed E-state index contributed by atoms with van der Waals surface area (Å²) in [4.78, 5) is 0. The number of nitrogens with one attached hydrogen (secondary N) is 1. The fraction of sp³-hybridized carbons (Fsp3) is 0.700. The second kappa shape index (κ2) is 5.16. The number of aromatic amines is 1. The van der Waals surface area contributed by atoms with Gasteiger partial charge in [-0.15, -0.1) is 0 Å². The summed E-state index contributed by atoms with van der Waals surface area (Å²) >= 11 is 0. The Bertz CT molecular complexity index is 439. The second-order valence-corrected chi connectivity index (χ2v) is 6.35. The Labute approximate surface area is 102 Å². The van der Waals surface area contributed by atoms with E-state index in [0.717, 1.165) is 6.42 Å². The first-order chi connectivity index (χ1) is 7.86. The first-order valence-corrected chi connectivity index (χ1v) is 7.02. The third-order valence-corrected chi connectivity index (χ3v) is 4.68. The van der Waals surface area contributed by atoms with Gasteiger partial charge >= 0.3 is 0 Å². The van der Waals surface area contributed by atoms with E-state index in [1.807, 2.05) is 20.8 Å². The standard InChI is InChI=1S/C10H20N4O2S/c1-4-7-14(10(2,3)8-11)17(15,16)9-5-6-12-13-9/h5-6H,4,7-8,11H2,1-3H3,(H,12,13). The molecule has 98 valence electrons. The first-order valence-electron chi connectivity index (χ1n) is 5.58. The molecular formula is C10H20N4O2S. The molecule has 0 aliphatic carbocycles. The minimum atomic E-state index is -3.55. The number of H-pyrrole nitrogens is 1. The first kappa shape index (κ1) is 14.1. The lowest BCUT2D eigenvalue weighted by atomic mass is 10.1. The van der Waals surface area contributed by atoms with Crippen molar-refractivity contribution in [2.75, 3.05) is 13.1 Å². The molecule has 0 fully saturated rings. The summed E-state index contributed by atoms with van der Waals surface area (Å²) in [6.45, 7) is 6.27. The summed E-state index contributed by atoms with van der Waals surface area (Å²) in [5, 5.41) is 6.27. The smallest absolute Gasteiger partial charge is 0.260 e. The Morgan fingerprint density at radius 3 is 2.59 bits per heavy atom. The van der Waals surface area contributed by atoms with E-state index in [-0.39, 0.29) is 11.6 Å². The Kier molecular flexibility index (Phi) is 4.29. The van der Waals surface area contributed by atoms with E-state index in [9.17, 15) is 8.42 Å². The second-order valence-electron chi connectivity index (χ2n) is 4.51. The maximum Gasteiger partial charge on any atom is 0.260 e. The van der Waals surface area contributed by atoms with Crippen LogP contribution in [-0.2, 0) is 10.0 Å². The number of nitrogens with two attached hydrogens (primary N) is 1. The van der Waals surface area contributed by atoms with Gasteiger partial charge in [0.2, 0.25) is 0 Å². The maximum atomic E-state index is 12.4. The highest BCUT2D eigenvalue weighted by molar-refractivity contribution is 7.89. The van der Waals surface area contributed by atoms with Gasteiger partial charge in [-0.25, -0.2) is 8.42 Å². The SMILES string of the molecule is CCCN(C(C)(C)CN)S(=O)(=O)c1ccn[nH]1. The van der Waals surface area contributed by atoms with Crippen LogP contribution in [0.1, 0.15) is 27.2 Å². The molecule has 6 nitrogen and oxygen atoms in total. The normalized spacial score (nSPS) is 13.2. The van der Waals surface area contributed by atoms with Gasteiger partial charge < -0.3 is 5.73 Å². The van der Waals surface area contributed by atoms with Crippen LogP contribution in [0.4, 0.5) is 0 Å². The predicted molar refractivity (Wildman–Crippen MR) is 65.9 cm³/mol. The minimum Gasteiger partial charge on any atom is -0.329 e. The van der Waals surface area contributed by atoms with Crippen LogP contribution in [0.25, 0.3) is 0 Å². The maximum absolute atomic E-state index is 12.4. The van der Waals surface area contributed by atoms with Crippen LogP contribution in [0.3, 0.4) is 0 Å². The Hall–Kier alpha value is -0.920. The number of rotatable bonds is 6. The van der Waals surface area contributed by atoms with Gasteiger partial charge in [-0.3, -0.25) is 5.10 Å². The average molecular weight is 260 g/mol. The monoisotopic (exact) mass is 260 g/mol. The minimum absolute atomic E-state index is 0.104. The van der Waals surface area contributed by atoms with Gasteiger partial charge in [0.05, 0.1) is 6.20 Å². The lowest BCUT2D eigenvalue weighted by molar-refractivity contribution is 0.234. The van der Waals surface area contributed by atoms with Gasteiger partial charge in [0.25, 0.3) is 10.0 Å². The third kappa shape index (κ3) is 2.85. The topological polar surface area (TPSA) is 92.1 Å². The van der Waals surface area contributed by atoms with E-state index in [1.165, 1.54) is 16.6 Å².